The minimum atomic E-state index is -3.43. The van der Waals surface area contributed by atoms with Crippen molar-refractivity contribution in [2.45, 2.75) is 42.9 Å². The van der Waals surface area contributed by atoms with Crippen molar-refractivity contribution in [3.63, 3.8) is 0 Å². The first-order valence-electron chi connectivity index (χ1n) is 7.28. The maximum absolute atomic E-state index is 12.5. The fraction of sp³-hybridized carbons (Fsp3) is 0.600. The van der Waals surface area contributed by atoms with E-state index in [2.05, 4.69) is 10.0 Å². The van der Waals surface area contributed by atoms with Gasteiger partial charge in [0.15, 0.2) is 0 Å². The molecule has 1 aromatic carbocycles. The molecule has 118 valence electrons. The summed E-state index contributed by atoms with van der Waals surface area (Å²) in [6.45, 7) is 6.00. The molecule has 0 atom stereocenters. The van der Waals surface area contributed by atoms with E-state index in [0.29, 0.717) is 18.0 Å². The molecule has 0 spiro atoms. The molecule has 1 aromatic rings. The zero-order valence-corrected chi connectivity index (χ0v) is 14.5. The van der Waals surface area contributed by atoms with Crippen molar-refractivity contribution in [2.75, 3.05) is 19.3 Å². The van der Waals surface area contributed by atoms with Gasteiger partial charge in [-0.2, -0.15) is 11.8 Å². The van der Waals surface area contributed by atoms with Crippen molar-refractivity contribution in [3.05, 3.63) is 29.3 Å². The molecule has 1 saturated carbocycles. The van der Waals surface area contributed by atoms with Crippen molar-refractivity contribution >= 4 is 21.8 Å². The maximum Gasteiger partial charge on any atom is 0.240 e. The van der Waals surface area contributed by atoms with Crippen LogP contribution in [0.3, 0.4) is 0 Å². The van der Waals surface area contributed by atoms with Crippen molar-refractivity contribution in [2.24, 2.45) is 0 Å². The van der Waals surface area contributed by atoms with Gasteiger partial charge in [0.1, 0.15) is 0 Å². The quantitative estimate of drug-likeness (QED) is 0.769. The van der Waals surface area contributed by atoms with Crippen LogP contribution in [-0.4, -0.2) is 32.5 Å². The van der Waals surface area contributed by atoms with E-state index in [-0.39, 0.29) is 4.75 Å². The highest BCUT2D eigenvalue weighted by molar-refractivity contribution is 8.00. The van der Waals surface area contributed by atoms with Gasteiger partial charge in [-0.3, -0.25) is 0 Å². The molecule has 1 fully saturated rings. The molecule has 6 heteroatoms. The summed E-state index contributed by atoms with van der Waals surface area (Å²) in [5.74, 6) is 0. The van der Waals surface area contributed by atoms with Crippen LogP contribution in [0.25, 0.3) is 0 Å². The van der Waals surface area contributed by atoms with Crippen LogP contribution in [0.5, 0.6) is 0 Å². The fourth-order valence-electron chi connectivity index (χ4n) is 2.30. The predicted molar refractivity (Wildman–Crippen MR) is 89.2 cm³/mol. The van der Waals surface area contributed by atoms with Gasteiger partial charge in [-0.25, -0.2) is 13.1 Å². The Kier molecular flexibility index (Phi) is 5.35. The topological polar surface area (TPSA) is 58.2 Å². The molecule has 0 aromatic heterocycles. The Morgan fingerprint density at radius 1 is 1.33 bits per heavy atom. The highest BCUT2D eigenvalue weighted by Crippen LogP contribution is 2.46. The maximum atomic E-state index is 12.5. The van der Waals surface area contributed by atoms with Gasteiger partial charge in [0.05, 0.1) is 4.90 Å². The lowest BCUT2D eigenvalue weighted by Crippen LogP contribution is -2.32. The molecular formula is C15H24N2O2S2. The molecule has 0 unspecified atom stereocenters. The van der Waals surface area contributed by atoms with Gasteiger partial charge < -0.3 is 5.32 Å². The lowest BCUT2D eigenvalue weighted by molar-refractivity contribution is 0.578. The summed E-state index contributed by atoms with van der Waals surface area (Å²) >= 11 is 1.76. The summed E-state index contributed by atoms with van der Waals surface area (Å²) in [6.07, 6.45) is 4.23. The Hall–Kier alpha value is -0.560. The second-order valence-electron chi connectivity index (χ2n) is 5.53. The van der Waals surface area contributed by atoms with Gasteiger partial charge >= 0.3 is 0 Å². The highest BCUT2D eigenvalue weighted by atomic mass is 32.2. The Bertz CT molecular complexity index is 596. The first-order valence-corrected chi connectivity index (χ1v) is 9.99. The molecule has 0 saturated heterocycles. The Morgan fingerprint density at radius 3 is 2.62 bits per heavy atom. The summed E-state index contributed by atoms with van der Waals surface area (Å²) in [5, 5.41) is 3.24. The van der Waals surface area contributed by atoms with Gasteiger partial charge in [-0.1, -0.05) is 19.1 Å². The molecule has 2 N–H and O–H groups in total. The number of rotatable bonds is 8. The van der Waals surface area contributed by atoms with Gasteiger partial charge in [0, 0.05) is 17.8 Å². The van der Waals surface area contributed by atoms with Crippen LogP contribution >= 0.6 is 11.8 Å². The van der Waals surface area contributed by atoms with Gasteiger partial charge in [0.2, 0.25) is 10.0 Å². The Labute approximate surface area is 132 Å². The van der Waals surface area contributed by atoms with E-state index >= 15 is 0 Å². The normalized spacial score (nSPS) is 16.9. The van der Waals surface area contributed by atoms with Crippen LogP contribution in [0.1, 0.15) is 30.9 Å². The third-order valence-corrected chi connectivity index (χ3v) is 7.04. The molecule has 4 nitrogen and oxygen atoms in total. The van der Waals surface area contributed by atoms with Crippen LogP contribution in [0.2, 0.25) is 0 Å². The number of thioether (sulfide) groups is 1. The highest BCUT2D eigenvalue weighted by Gasteiger charge is 2.42. The van der Waals surface area contributed by atoms with E-state index in [9.17, 15) is 8.42 Å². The molecule has 0 bridgehead atoms. The molecule has 0 heterocycles. The Balaban J connectivity index is 2.15. The fourth-order valence-corrected chi connectivity index (χ4v) is 4.53. The van der Waals surface area contributed by atoms with E-state index in [4.69, 9.17) is 0 Å². The number of hydrogen-bond acceptors (Lipinski definition) is 4. The molecule has 2 rings (SSSR count). The van der Waals surface area contributed by atoms with E-state index in [1.165, 1.54) is 0 Å². The monoisotopic (exact) mass is 328 g/mol. The summed E-state index contributed by atoms with van der Waals surface area (Å²) in [7, 11) is -3.43. The van der Waals surface area contributed by atoms with E-state index in [1.807, 2.05) is 32.2 Å². The van der Waals surface area contributed by atoms with Gasteiger partial charge in [0.25, 0.3) is 0 Å². The molecule has 0 aliphatic heterocycles. The third-order valence-electron chi connectivity index (χ3n) is 4.08. The SMILES string of the molecule is CCNCc1cccc(S(=O)(=O)NCC2(SC)CC2)c1C. The zero-order valence-electron chi connectivity index (χ0n) is 12.9. The van der Waals surface area contributed by atoms with Crippen LogP contribution in [-0.2, 0) is 16.6 Å². The Morgan fingerprint density at radius 2 is 2.05 bits per heavy atom. The summed E-state index contributed by atoms with van der Waals surface area (Å²) < 4.78 is 28.0. The lowest BCUT2D eigenvalue weighted by Gasteiger charge is -2.16. The zero-order chi connectivity index (χ0) is 15.5. The summed E-state index contributed by atoms with van der Waals surface area (Å²) in [5.41, 5.74) is 1.87. The average molecular weight is 329 g/mol. The number of benzene rings is 1. The molecule has 1 aliphatic carbocycles. The standard InChI is InChI=1S/C15H24N2O2S2/c1-4-16-10-13-6-5-7-14(12(13)2)21(18,19)17-11-15(20-3)8-9-15/h5-7,16-17H,4,8-11H2,1-3H3. The van der Waals surface area contributed by atoms with Gasteiger partial charge in [-0.15, -0.1) is 0 Å². The van der Waals surface area contributed by atoms with E-state index in [1.54, 1.807) is 17.8 Å². The second-order valence-corrected chi connectivity index (χ2v) is 8.54. The smallest absolute Gasteiger partial charge is 0.240 e. The lowest BCUT2D eigenvalue weighted by atomic mass is 10.1. The molecular weight excluding hydrogens is 304 g/mol. The largest absolute Gasteiger partial charge is 0.313 e. The van der Waals surface area contributed by atoms with Crippen molar-refractivity contribution in [1.82, 2.24) is 10.0 Å². The van der Waals surface area contributed by atoms with Crippen LogP contribution in [0.4, 0.5) is 0 Å². The predicted octanol–water partition coefficient (Wildman–Crippen LogP) is 2.28. The molecule has 0 amide bonds. The van der Waals surface area contributed by atoms with Crippen LogP contribution in [0.15, 0.2) is 23.1 Å². The van der Waals surface area contributed by atoms with Gasteiger partial charge in [-0.05, 0) is 49.8 Å². The van der Waals surface area contributed by atoms with E-state index in [0.717, 1.165) is 30.5 Å². The number of nitrogens with one attached hydrogen (secondary N) is 2. The summed E-state index contributed by atoms with van der Waals surface area (Å²) in [6, 6.07) is 5.47. The van der Waals surface area contributed by atoms with E-state index < -0.39 is 10.0 Å². The third kappa shape index (κ3) is 4.00. The van der Waals surface area contributed by atoms with Crippen molar-refractivity contribution < 1.29 is 8.42 Å². The first kappa shape index (κ1) is 16.8. The van der Waals surface area contributed by atoms with Crippen LogP contribution in [0, 0.1) is 6.92 Å². The van der Waals surface area contributed by atoms with Crippen molar-refractivity contribution in [3.8, 4) is 0 Å². The summed E-state index contributed by atoms with van der Waals surface area (Å²) in [4.78, 5) is 0.398. The second kappa shape index (κ2) is 6.69. The number of hydrogen-bond donors (Lipinski definition) is 2. The average Bonchev–Trinajstić information content (AvgIpc) is 3.25. The van der Waals surface area contributed by atoms with Crippen molar-refractivity contribution in [1.29, 1.82) is 0 Å². The minimum Gasteiger partial charge on any atom is -0.313 e. The van der Waals surface area contributed by atoms with Crippen LogP contribution < -0.4 is 10.0 Å². The minimum absolute atomic E-state index is 0.127. The first-order chi connectivity index (χ1) is 9.94. The molecule has 0 radical (unpaired) electrons. The molecule has 21 heavy (non-hydrogen) atoms. The molecule has 1 aliphatic rings. The number of sulfonamides is 1.